The molecule has 0 spiro atoms. The first-order chi connectivity index (χ1) is 9.71. The molecule has 0 aromatic carbocycles. The smallest absolute Gasteiger partial charge is 0.409 e. The van der Waals surface area contributed by atoms with Crippen molar-refractivity contribution in [2.75, 3.05) is 19.7 Å². The Morgan fingerprint density at radius 1 is 1.33 bits per heavy atom. The van der Waals surface area contributed by atoms with Gasteiger partial charge in [-0.2, -0.15) is 5.26 Å². The van der Waals surface area contributed by atoms with Crippen molar-refractivity contribution in [2.45, 2.75) is 51.7 Å². The number of hydrogen-bond donors (Lipinski definition) is 1. The third-order valence-corrected chi connectivity index (χ3v) is 3.10. The van der Waals surface area contributed by atoms with Crippen molar-refractivity contribution < 1.29 is 19.1 Å². The molecule has 1 fully saturated rings. The zero-order valence-electron chi connectivity index (χ0n) is 13.1. The summed E-state index contributed by atoms with van der Waals surface area (Å²) in [4.78, 5) is 25.0. The van der Waals surface area contributed by atoms with Gasteiger partial charge < -0.3 is 19.7 Å². The van der Waals surface area contributed by atoms with Crippen LogP contribution in [0.5, 0.6) is 0 Å². The van der Waals surface area contributed by atoms with Gasteiger partial charge in [0.25, 0.3) is 0 Å². The van der Waals surface area contributed by atoms with E-state index >= 15 is 0 Å². The van der Waals surface area contributed by atoms with Gasteiger partial charge in [0.05, 0.1) is 12.7 Å². The molecule has 1 rings (SSSR count). The molecular weight excluding hydrogens is 274 g/mol. The lowest BCUT2D eigenvalue weighted by Gasteiger charge is -2.37. The van der Waals surface area contributed by atoms with E-state index in [1.807, 2.05) is 0 Å². The highest BCUT2D eigenvalue weighted by molar-refractivity contribution is 5.70. The van der Waals surface area contributed by atoms with Crippen molar-refractivity contribution in [3.8, 4) is 6.07 Å². The summed E-state index contributed by atoms with van der Waals surface area (Å²) in [6.07, 6.45) is -0.307. The van der Waals surface area contributed by atoms with Crippen molar-refractivity contribution in [3.63, 3.8) is 0 Å². The molecule has 1 heterocycles. The molecule has 1 saturated heterocycles. The Labute approximate surface area is 125 Å². The number of rotatable bonds is 2. The van der Waals surface area contributed by atoms with Gasteiger partial charge in [0, 0.05) is 25.9 Å². The van der Waals surface area contributed by atoms with E-state index in [0.29, 0.717) is 32.5 Å². The summed E-state index contributed by atoms with van der Waals surface area (Å²) in [5, 5.41) is 12.0. The van der Waals surface area contributed by atoms with E-state index in [2.05, 4.69) is 11.4 Å². The first-order valence-electron chi connectivity index (χ1n) is 7.05. The van der Waals surface area contributed by atoms with Crippen LogP contribution < -0.4 is 5.32 Å². The number of piperidine rings is 1. The molecule has 0 bridgehead atoms. The molecular formula is C14H23N3O4. The second kappa shape index (κ2) is 6.66. The van der Waals surface area contributed by atoms with Gasteiger partial charge in [-0.25, -0.2) is 9.59 Å². The normalized spacial score (nSPS) is 17.6. The summed E-state index contributed by atoms with van der Waals surface area (Å²) in [6, 6.07) is 2.13. The largest absolute Gasteiger partial charge is 0.450 e. The van der Waals surface area contributed by atoms with E-state index in [9.17, 15) is 14.9 Å². The number of alkyl carbamates (subject to hydrolysis) is 1. The molecule has 1 N–H and O–H groups in total. The van der Waals surface area contributed by atoms with Crippen LogP contribution in [0.25, 0.3) is 0 Å². The highest BCUT2D eigenvalue weighted by Crippen LogP contribution is 2.23. The molecule has 1 aliphatic rings. The summed E-state index contributed by atoms with van der Waals surface area (Å²) in [5.74, 6) is 0. The molecule has 0 aromatic heterocycles. The summed E-state index contributed by atoms with van der Waals surface area (Å²) in [7, 11) is 0. The average molecular weight is 297 g/mol. The molecule has 118 valence electrons. The number of amides is 2. The Balaban J connectivity index is 2.59. The number of carbonyl (C=O) groups is 2. The quantitative estimate of drug-likeness (QED) is 0.842. The number of nitriles is 1. The lowest BCUT2D eigenvalue weighted by Crippen LogP contribution is -2.56. The zero-order chi connectivity index (χ0) is 16.1. The van der Waals surface area contributed by atoms with Gasteiger partial charge in [-0.3, -0.25) is 0 Å². The van der Waals surface area contributed by atoms with Gasteiger partial charge in [0.2, 0.25) is 0 Å². The molecule has 1 aliphatic heterocycles. The SMILES string of the molecule is CCOC(=O)N1CCC(C#N)(NC(=O)OC(C)(C)C)CC1. The summed E-state index contributed by atoms with van der Waals surface area (Å²) < 4.78 is 10.1. The molecule has 2 amide bonds. The Kier molecular flexibility index (Phi) is 5.41. The first-order valence-corrected chi connectivity index (χ1v) is 7.05. The Hall–Kier alpha value is -1.97. The monoisotopic (exact) mass is 297 g/mol. The van der Waals surface area contributed by atoms with Gasteiger partial charge >= 0.3 is 12.2 Å². The molecule has 7 heteroatoms. The van der Waals surface area contributed by atoms with E-state index in [1.165, 1.54) is 4.90 Å². The molecule has 0 aromatic rings. The third kappa shape index (κ3) is 5.14. The lowest BCUT2D eigenvalue weighted by atomic mass is 9.89. The van der Waals surface area contributed by atoms with Crippen LogP contribution in [0, 0.1) is 11.3 Å². The predicted octanol–water partition coefficient (Wildman–Crippen LogP) is 2.03. The van der Waals surface area contributed by atoms with E-state index < -0.39 is 17.2 Å². The zero-order valence-corrected chi connectivity index (χ0v) is 13.1. The summed E-state index contributed by atoms with van der Waals surface area (Å²) in [6.45, 7) is 8.06. The van der Waals surface area contributed by atoms with Crippen LogP contribution in [0.15, 0.2) is 0 Å². The molecule has 0 atom stereocenters. The third-order valence-electron chi connectivity index (χ3n) is 3.10. The van der Waals surface area contributed by atoms with E-state index in [-0.39, 0.29) is 6.09 Å². The van der Waals surface area contributed by atoms with Crippen LogP contribution in [0.1, 0.15) is 40.5 Å². The topological polar surface area (TPSA) is 91.7 Å². The second-order valence-electron chi connectivity index (χ2n) is 6.01. The fraction of sp³-hybridized carbons (Fsp3) is 0.786. The number of carbonyl (C=O) groups excluding carboxylic acids is 2. The maximum Gasteiger partial charge on any atom is 0.409 e. The molecule has 0 aliphatic carbocycles. The van der Waals surface area contributed by atoms with Crippen LogP contribution in [-0.4, -0.2) is 47.9 Å². The van der Waals surface area contributed by atoms with Gasteiger partial charge in [-0.05, 0) is 27.7 Å². The van der Waals surface area contributed by atoms with Crippen LogP contribution in [0.3, 0.4) is 0 Å². The number of ether oxygens (including phenoxy) is 2. The van der Waals surface area contributed by atoms with E-state index in [0.717, 1.165) is 0 Å². The minimum absolute atomic E-state index is 0.314. The van der Waals surface area contributed by atoms with E-state index in [1.54, 1.807) is 27.7 Å². The van der Waals surface area contributed by atoms with Crippen molar-refractivity contribution >= 4 is 12.2 Å². The molecule has 0 unspecified atom stereocenters. The lowest BCUT2D eigenvalue weighted by molar-refractivity contribution is 0.0430. The van der Waals surface area contributed by atoms with Crippen LogP contribution >= 0.6 is 0 Å². The summed E-state index contributed by atoms with van der Waals surface area (Å²) >= 11 is 0. The number of nitrogens with one attached hydrogen (secondary N) is 1. The molecule has 21 heavy (non-hydrogen) atoms. The second-order valence-corrected chi connectivity index (χ2v) is 6.01. The van der Waals surface area contributed by atoms with Gasteiger partial charge in [-0.1, -0.05) is 0 Å². The minimum atomic E-state index is -0.995. The number of nitrogens with zero attached hydrogens (tertiary/aromatic N) is 2. The van der Waals surface area contributed by atoms with Crippen molar-refractivity contribution in [2.24, 2.45) is 0 Å². The Bertz CT molecular complexity index is 428. The van der Waals surface area contributed by atoms with Crippen molar-refractivity contribution in [1.29, 1.82) is 5.26 Å². The van der Waals surface area contributed by atoms with Crippen LogP contribution in [-0.2, 0) is 9.47 Å². The number of likely N-dealkylation sites (tertiary alicyclic amines) is 1. The van der Waals surface area contributed by atoms with Crippen molar-refractivity contribution in [1.82, 2.24) is 10.2 Å². The van der Waals surface area contributed by atoms with Gasteiger partial charge in [0.1, 0.15) is 11.1 Å². The highest BCUT2D eigenvalue weighted by atomic mass is 16.6. The predicted molar refractivity (Wildman–Crippen MR) is 75.5 cm³/mol. The maximum absolute atomic E-state index is 11.8. The van der Waals surface area contributed by atoms with Crippen LogP contribution in [0.4, 0.5) is 9.59 Å². The number of hydrogen-bond acceptors (Lipinski definition) is 5. The molecule has 0 saturated carbocycles. The maximum atomic E-state index is 11.8. The highest BCUT2D eigenvalue weighted by Gasteiger charge is 2.39. The fourth-order valence-electron chi connectivity index (χ4n) is 2.05. The van der Waals surface area contributed by atoms with E-state index in [4.69, 9.17) is 9.47 Å². The fourth-order valence-corrected chi connectivity index (χ4v) is 2.05. The van der Waals surface area contributed by atoms with Crippen LogP contribution in [0.2, 0.25) is 0 Å². The summed E-state index contributed by atoms with van der Waals surface area (Å²) in [5.41, 5.74) is -1.61. The molecule has 0 radical (unpaired) electrons. The average Bonchev–Trinajstić information content (AvgIpc) is 2.37. The van der Waals surface area contributed by atoms with Crippen molar-refractivity contribution in [3.05, 3.63) is 0 Å². The van der Waals surface area contributed by atoms with Gasteiger partial charge in [-0.15, -0.1) is 0 Å². The Morgan fingerprint density at radius 2 is 1.90 bits per heavy atom. The Morgan fingerprint density at radius 3 is 2.33 bits per heavy atom. The first kappa shape index (κ1) is 17.1. The standard InChI is InChI=1S/C14H23N3O4/c1-5-20-12(19)17-8-6-14(10-15,7-9-17)16-11(18)21-13(2,3)4/h5-9H2,1-4H3,(H,16,18). The minimum Gasteiger partial charge on any atom is -0.450 e. The van der Waals surface area contributed by atoms with Gasteiger partial charge in [0.15, 0.2) is 0 Å². The molecule has 7 nitrogen and oxygen atoms in total.